The Morgan fingerprint density at radius 1 is 1.32 bits per heavy atom. The van der Waals surface area contributed by atoms with E-state index in [1.54, 1.807) is 18.2 Å². The summed E-state index contributed by atoms with van der Waals surface area (Å²) in [4.78, 5) is 21.9. The van der Waals surface area contributed by atoms with Gasteiger partial charge in [-0.2, -0.15) is 0 Å². The van der Waals surface area contributed by atoms with Crippen LogP contribution in [0.15, 0.2) is 30.3 Å². The molecule has 0 aliphatic carbocycles. The molecule has 1 N–H and O–H groups in total. The highest BCUT2D eigenvalue weighted by atomic mass is 35.5. The van der Waals surface area contributed by atoms with Crippen molar-refractivity contribution in [1.82, 2.24) is 5.32 Å². The van der Waals surface area contributed by atoms with Crippen LogP contribution in [0.4, 0.5) is 0 Å². The van der Waals surface area contributed by atoms with Gasteiger partial charge in [-0.05, 0) is 30.2 Å². The topological polar surface area (TPSA) is 55.4 Å². The summed E-state index contributed by atoms with van der Waals surface area (Å²) in [6.07, 6.45) is 3.62. The third kappa shape index (κ3) is 7.26. The molecule has 1 aromatic carbocycles. The molecule has 0 aromatic heterocycles. The summed E-state index contributed by atoms with van der Waals surface area (Å²) in [6, 6.07) is 7.12. The van der Waals surface area contributed by atoms with E-state index >= 15 is 0 Å². The highest BCUT2D eigenvalue weighted by Crippen LogP contribution is 2.10. The number of esters is 1. The average molecular weight is 282 g/mol. The highest BCUT2D eigenvalue weighted by Gasteiger charge is 1.97. The summed E-state index contributed by atoms with van der Waals surface area (Å²) < 4.78 is 4.97. The summed E-state index contributed by atoms with van der Waals surface area (Å²) in [5, 5.41) is 3.27. The van der Waals surface area contributed by atoms with Crippen LogP contribution in [0.1, 0.15) is 18.9 Å². The van der Waals surface area contributed by atoms with Crippen LogP contribution in [-0.4, -0.2) is 25.0 Å². The smallest absolute Gasteiger partial charge is 0.330 e. The standard InChI is InChI=1S/C14H16ClNO3/c1-11(17)16-9-2-10-19-14(18)8-5-12-3-6-13(15)7-4-12/h3-8H,2,9-10H2,1H3,(H,16,17). The van der Waals surface area contributed by atoms with Crippen molar-refractivity contribution in [2.45, 2.75) is 13.3 Å². The van der Waals surface area contributed by atoms with Gasteiger partial charge in [0.15, 0.2) is 0 Å². The molecule has 0 saturated carbocycles. The maximum Gasteiger partial charge on any atom is 0.330 e. The van der Waals surface area contributed by atoms with Gasteiger partial charge >= 0.3 is 5.97 Å². The molecule has 1 aromatic rings. The van der Waals surface area contributed by atoms with Gasteiger partial charge in [0.05, 0.1) is 6.61 Å². The second-order valence-electron chi connectivity index (χ2n) is 3.89. The van der Waals surface area contributed by atoms with E-state index in [1.165, 1.54) is 13.0 Å². The molecule has 102 valence electrons. The molecule has 0 aliphatic rings. The van der Waals surface area contributed by atoms with Crippen LogP contribution in [-0.2, 0) is 14.3 Å². The Labute approximate surface area is 117 Å². The van der Waals surface area contributed by atoms with Gasteiger partial charge < -0.3 is 10.1 Å². The summed E-state index contributed by atoms with van der Waals surface area (Å²) in [5.41, 5.74) is 0.875. The molecule has 0 spiro atoms. The number of benzene rings is 1. The minimum atomic E-state index is -0.405. The molecule has 5 heteroatoms. The van der Waals surface area contributed by atoms with Crippen molar-refractivity contribution in [3.63, 3.8) is 0 Å². The van der Waals surface area contributed by atoms with E-state index < -0.39 is 5.97 Å². The van der Waals surface area contributed by atoms with Crippen molar-refractivity contribution in [3.05, 3.63) is 40.9 Å². The molecular formula is C14H16ClNO3. The monoisotopic (exact) mass is 281 g/mol. The molecule has 0 unspecified atom stereocenters. The number of halogens is 1. The molecule has 0 fully saturated rings. The number of ether oxygens (including phenoxy) is 1. The second kappa shape index (κ2) is 8.32. The number of hydrogen-bond donors (Lipinski definition) is 1. The number of nitrogens with one attached hydrogen (secondary N) is 1. The third-order valence-corrected chi connectivity index (χ3v) is 2.47. The minimum Gasteiger partial charge on any atom is -0.462 e. The fourth-order valence-electron chi connectivity index (χ4n) is 1.30. The number of hydrogen-bond acceptors (Lipinski definition) is 3. The molecule has 4 nitrogen and oxygen atoms in total. The van der Waals surface area contributed by atoms with E-state index in [0.29, 0.717) is 18.0 Å². The first-order chi connectivity index (χ1) is 9.08. The van der Waals surface area contributed by atoms with Crippen molar-refractivity contribution in [3.8, 4) is 0 Å². The zero-order chi connectivity index (χ0) is 14.1. The number of rotatable bonds is 6. The minimum absolute atomic E-state index is 0.0889. The molecule has 0 bridgehead atoms. The van der Waals surface area contributed by atoms with Gasteiger partial charge in [0.2, 0.25) is 5.91 Å². The van der Waals surface area contributed by atoms with E-state index in [9.17, 15) is 9.59 Å². The summed E-state index contributed by atoms with van der Waals surface area (Å²) in [6.45, 7) is 2.23. The molecule has 0 radical (unpaired) electrons. The van der Waals surface area contributed by atoms with Crippen molar-refractivity contribution in [2.75, 3.05) is 13.2 Å². The normalized spacial score (nSPS) is 10.4. The zero-order valence-electron chi connectivity index (χ0n) is 10.7. The quantitative estimate of drug-likeness (QED) is 0.495. The van der Waals surface area contributed by atoms with Crippen molar-refractivity contribution in [1.29, 1.82) is 0 Å². The van der Waals surface area contributed by atoms with Crippen molar-refractivity contribution in [2.24, 2.45) is 0 Å². The van der Waals surface area contributed by atoms with Gasteiger partial charge in [0.25, 0.3) is 0 Å². The predicted molar refractivity (Wildman–Crippen MR) is 74.7 cm³/mol. The first-order valence-corrected chi connectivity index (χ1v) is 6.30. The molecule has 0 heterocycles. The highest BCUT2D eigenvalue weighted by molar-refractivity contribution is 6.30. The van der Waals surface area contributed by atoms with Crippen LogP contribution in [0.2, 0.25) is 5.02 Å². The van der Waals surface area contributed by atoms with Crippen LogP contribution in [0, 0.1) is 0 Å². The summed E-state index contributed by atoms with van der Waals surface area (Å²) >= 11 is 5.75. The lowest BCUT2D eigenvalue weighted by atomic mass is 10.2. The lowest BCUT2D eigenvalue weighted by molar-refractivity contribution is -0.137. The SMILES string of the molecule is CC(=O)NCCCOC(=O)C=Cc1ccc(Cl)cc1. The molecule has 1 amide bonds. The van der Waals surface area contributed by atoms with Gasteiger partial charge in [-0.3, -0.25) is 4.79 Å². The first kappa shape index (κ1) is 15.2. The number of amides is 1. The third-order valence-electron chi connectivity index (χ3n) is 2.22. The van der Waals surface area contributed by atoms with E-state index in [4.69, 9.17) is 16.3 Å². The van der Waals surface area contributed by atoms with Crippen LogP contribution >= 0.6 is 11.6 Å². The summed E-state index contributed by atoms with van der Waals surface area (Å²) in [7, 11) is 0. The maximum absolute atomic E-state index is 11.4. The Bertz CT molecular complexity index is 454. The maximum atomic E-state index is 11.4. The number of carbonyl (C=O) groups is 2. The van der Waals surface area contributed by atoms with Crippen LogP contribution in [0.5, 0.6) is 0 Å². The Morgan fingerprint density at radius 2 is 2.00 bits per heavy atom. The van der Waals surface area contributed by atoms with Gasteiger partial charge in [0, 0.05) is 24.6 Å². The van der Waals surface area contributed by atoms with Crippen LogP contribution in [0.3, 0.4) is 0 Å². The van der Waals surface area contributed by atoms with E-state index in [-0.39, 0.29) is 12.5 Å². The largest absolute Gasteiger partial charge is 0.462 e. The van der Waals surface area contributed by atoms with Crippen molar-refractivity contribution < 1.29 is 14.3 Å². The van der Waals surface area contributed by atoms with E-state index in [0.717, 1.165) is 5.56 Å². The summed E-state index contributed by atoms with van der Waals surface area (Å²) in [5.74, 6) is -0.494. The van der Waals surface area contributed by atoms with Crippen molar-refractivity contribution >= 4 is 29.6 Å². The molecule has 1 rings (SSSR count). The fourth-order valence-corrected chi connectivity index (χ4v) is 1.42. The van der Waals surface area contributed by atoms with Gasteiger partial charge in [-0.25, -0.2) is 4.79 Å². The Hall–Kier alpha value is -1.81. The number of carbonyl (C=O) groups excluding carboxylic acids is 2. The van der Waals surface area contributed by atoms with Gasteiger partial charge in [-0.15, -0.1) is 0 Å². The Kier molecular flexibility index (Phi) is 6.68. The van der Waals surface area contributed by atoms with Gasteiger partial charge in [0.1, 0.15) is 0 Å². The van der Waals surface area contributed by atoms with Crippen LogP contribution in [0.25, 0.3) is 6.08 Å². The predicted octanol–water partition coefficient (Wildman–Crippen LogP) is 2.42. The lowest BCUT2D eigenvalue weighted by Crippen LogP contribution is -2.22. The van der Waals surface area contributed by atoms with E-state index in [1.807, 2.05) is 12.1 Å². The lowest BCUT2D eigenvalue weighted by Gasteiger charge is -2.02. The zero-order valence-corrected chi connectivity index (χ0v) is 11.4. The molecule has 19 heavy (non-hydrogen) atoms. The average Bonchev–Trinajstić information content (AvgIpc) is 2.37. The Morgan fingerprint density at radius 3 is 2.63 bits per heavy atom. The molecular weight excluding hydrogens is 266 g/mol. The fraction of sp³-hybridized carbons (Fsp3) is 0.286. The molecule has 0 atom stereocenters. The van der Waals surface area contributed by atoms with Crippen LogP contribution < -0.4 is 5.32 Å². The molecule has 0 aliphatic heterocycles. The molecule has 0 saturated heterocycles. The van der Waals surface area contributed by atoms with Gasteiger partial charge in [-0.1, -0.05) is 23.7 Å². The Balaban J connectivity index is 2.23. The van der Waals surface area contributed by atoms with E-state index in [2.05, 4.69) is 5.32 Å². The first-order valence-electron chi connectivity index (χ1n) is 5.93. The second-order valence-corrected chi connectivity index (χ2v) is 4.33.